The van der Waals surface area contributed by atoms with Crippen molar-refractivity contribution in [1.29, 1.82) is 0 Å². The van der Waals surface area contributed by atoms with Crippen LogP contribution in [0.5, 0.6) is 0 Å². The van der Waals surface area contributed by atoms with Crippen molar-refractivity contribution in [3.05, 3.63) is 70.5 Å². The van der Waals surface area contributed by atoms with Gasteiger partial charge in [-0.3, -0.25) is 4.79 Å². The highest BCUT2D eigenvalue weighted by Crippen LogP contribution is 2.29. The van der Waals surface area contributed by atoms with Gasteiger partial charge < -0.3 is 9.42 Å². The lowest BCUT2D eigenvalue weighted by atomic mass is 9.95. The Morgan fingerprint density at radius 3 is 2.39 bits per heavy atom. The summed E-state index contributed by atoms with van der Waals surface area (Å²) in [5.74, 6) is 1.65. The molecule has 2 aromatic carbocycles. The van der Waals surface area contributed by atoms with Crippen molar-refractivity contribution in [3.8, 4) is 11.5 Å². The number of aromatic nitrogens is 2. The Bertz CT molecular complexity index is 980. The molecule has 1 saturated heterocycles. The first-order valence-corrected chi connectivity index (χ1v) is 9.78. The second-order valence-electron chi connectivity index (χ2n) is 7.77. The van der Waals surface area contributed by atoms with Crippen LogP contribution in [0.3, 0.4) is 0 Å². The van der Waals surface area contributed by atoms with E-state index in [0.717, 1.165) is 46.5 Å². The highest BCUT2D eigenvalue weighted by molar-refractivity contribution is 5.94. The third-order valence-corrected chi connectivity index (χ3v) is 5.32. The summed E-state index contributed by atoms with van der Waals surface area (Å²) in [4.78, 5) is 19.4. The predicted molar refractivity (Wildman–Crippen MR) is 108 cm³/mol. The highest BCUT2D eigenvalue weighted by Gasteiger charge is 2.27. The number of carbonyl (C=O) groups is 1. The molecule has 5 nitrogen and oxygen atoms in total. The van der Waals surface area contributed by atoms with Gasteiger partial charge in [0.05, 0.1) is 0 Å². The first-order valence-electron chi connectivity index (χ1n) is 9.78. The van der Waals surface area contributed by atoms with E-state index in [2.05, 4.69) is 16.2 Å². The van der Waals surface area contributed by atoms with E-state index in [9.17, 15) is 4.79 Å². The van der Waals surface area contributed by atoms with E-state index < -0.39 is 0 Å². The van der Waals surface area contributed by atoms with Gasteiger partial charge in [0.15, 0.2) is 5.82 Å². The molecule has 28 heavy (non-hydrogen) atoms. The molecule has 5 heteroatoms. The molecule has 1 amide bonds. The first kappa shape index (κ1) is 18.4. The number of hydrogen-bond acceptors (Lipinski definition) is 4. The zero-order valence-corrected chi connectivity index (χ0v) is 16.6. The number of likely N-dealkylation sites (tertiary alicyclic amines) is 1. The molecule has 2 heterocycles. The van der Waals surface area contributed by atoms with Crippen molar-refractivity contribution in [2.75, 3.05) is 13.1 Å². The minimum Gasteiger partial charge on any atom is -0.339 e. The SMILES string of the molecule is Cc1cc(C)cc(C(=O)N2CCC(c3noc(-c4cccc(C)c4)n3)CC2)c1. The summed E-state index contributed by atoms with van der Waals surface area (Å²) in [6, 6.07) is 14.1. The topological polar surface area (TPSA) is 59.2 Å². The quantitative estimate of drug-likeness (QED) is 0.667. The fraction of sp³-hybridized carbons (Fsp3) is 0.348. The van der Waals surface area contributed by atoms with Crippen LogP contribution in [0.15, 0.2) is 47.0 Å². The van der Waals surface area contributed by atoms with Crippen molar-refractivity contribution in [3.63, 3.8) is 0 Å². The van der Waals surface area contributed by atoms with E-state index in [1.54, 1.807) is 0 Å². The molecule has 1 fully saturated rings. The van der Waals surface area contributed by atoms with Crippen LogP contribution in [0.25, 0.3) is 11.5 Å². The van der Waals surface area contributed by atoms with Crippen LogP contribution in [0.2, 0.25) is 0 Å². The molecule has 1 aliphatic rings. The van der Waals surface area contributed by atoms with Crippen LogP contribution in [0, 0.1) is 20.8 Å². The Balaban J connectivity index is 1.42. The third kappa shape index (κ3) is 3.84. The molecule has 0 saturated carbocycles. The largest absolute Gasteiger partial charge is 0.339 e. The lowest BCUT2D eigenvalue weighted by Gasteiger charge is -2.30. The van der Waals surface area contributed by atoms with E-state index in [1.807, 2.05) is 62.1 Å². The molecule has 3 aromatic rings. The maximum atomic E-state index is 12.8. The number of piperidine rings is 1. The molecule has 0 bridgehead atoms. The fourth-order valence-corrected chi connectivity index (χ4v) is 3.92. The minimum atomic E-state index is 0.110. The normalized spacial score (nSPS) is 15.0. The zero-order valence-electron chi connectivity index (χ0n) is 16.6. The van der Waals surface area contributed by atoms with E-state index in [-0.39, 0.29) is 11.8 Å². The van der Waals surface area contributed by atoms with Crippen molar-refractivity contribution in [1.82, 2.24) is 15.0 Å². The fourth-order valence-electron chi connectivity index (χ4n) is 3.92. The van der Waals surface area contributed by atoms with Gasteiger partial charge in [-0.25, -0.2) is 0 Å². The van der Waals surface area contributed by atoms with Crippen LogP contribution in [-0.2, 0) is 0 Å². The second kappa shape index (κ2) is 7.58. The highest BCUT2D eigenvalue weighted by atomic mass is 16.5. The number of benzene rings is 2. The van der Waals surface area contributed by atoms with Gasteiger partial charge in [-0.2, -0.15) is 4.98 Å². The molecule has 4 rings (SSSR count). The van der Waals surface area contributed by atoms with Crippen molar-refractivity contribution in [2.24, 2.45) is 0 Å². The minimum absolute atomic E-state index is 0.110. The van der Waals surface area contributed by atoms with Gasteiger partial charge >= 0.3 is 0 Å². The average molecular weight is 375 g/mol. The molecule has 0 spiro atoms. The van der Waals surface area contributed by atoms with E-state index in [1.165, 1.54) is 0 Å². The third-order valence-electron chi connectivity index (χ3n) is 5.32. The zero-order chi connectivity index (χ0) is 19.7. The maximum Gasteiger partial charge on any atom is 0.257 e. The number of nitrogens with zero attached hydrogens (tertiary/aromatic N) is 3. The maximum absolute atomic E-state index is 12.8. The summed E-state index contributed by atoms with van der Waals surface area (Å²) in [7, 11) is 0. The summed E-state index contributed by atoms with van der Waals surface area (Å²) < 4.78 is 5.49. The van der Waals surface area contributed by atoms with Crippen LogP contribution >= 0.6 is 0 Å². The van der Waals surface area contributed by atoms with Crippen LogP contribution in [0.1, 0.15) is 51.6 Å². The van der Waals surface area contributed by atoms with Crippen molar-refractivity contribution in [2.45, 2.75) is 39.5 Å². The first-order chi connectivity index (χ1) is 13.5. The molecule has 144 valence electrons. The van der Waals surface area contributed by atoms with E-state index >= 15 is 0 Å². The van der Waals surface area contributed by atoms with Gasteiger partial charge in [-0.1, -0.05) is 40.0 Å². The van der Waals surface area contributed by atoms with Crippen LogP contribution < -0.4 is 0 Å². The number of hydrogen-bond donors (Lipinski definition) is 0. The van der Waals surface area contributed by atoms with Crippen molar-refractivity contribution < 1.29 is 9.32 Å². The van der Waals surface area contributed by atoms with Crippen LogP contribution in [-0.4, -0.2) is 34.0 Å². The monoisotopic (exact) mass is 375 g/mol. The number of amides is 1. The van der Waals surface area contributed by atoms with Gasteiger partial charge in [-0.05, 0) is 57.9 Å². The lowest BCUT2D eigenvalue weighted by Crippen LogP contribution is -2.38. The number of rotatable bonds is 3. The molecule has 1 aliphatic heterocycles. The van der Waals surface area contributed by atoms with Crippen LogP contribution in [0.4, 0.5) is 0 Å². The summed E-state index contributed by atoms with van der Waals surface area (Å²) in [5, 5.41) is 4.21. The molecule has 0 atom stereocenters. The summed E-state index contributed by atoms with van der Waals surface area (Å²) in [5.41, 5.74) is 5.12. The molecular formula is C23H25N3O2. The molecule has 0 unspecified atom stereocenters. The summed E-state index contributed by atoms with van der Waals surface area (Å²) >= 11 is 0. The average Bonchev–Trinajstić information content (AvgIpc) is 3.17. The Hall–Kier alpha value is -2.95. The molecule has 0 radical (unpaired) electrons. The molecular weight excluding hydrogens is 350 g/mol. The van der Waals surface area contributed by atoms with Gasteiger partial charge in [0.2, 0.25) is 0 Å². The van der Waals surface area contributed by atoms with Gasteiger partial charge in [0.25, 0.3) is 11.8 Å². The number of aryl methyl sites for hydroxylation is 3. The molecule has 0 N–H and O–H groups in total. The Morgan fingerprint density at radius 1 is 1.00 bits per heavy atom. The predicted octanol–water partition coefficient (Wildman–Crippen LogP) is 4.68. The van der Waals surface area contributed by atoms with E-state index in [4.69, 9.17) is 4.52 Å². The smallest absolute Gasteiger partial charge is 0.257 e. The van der Waals surface area contributed by atoms with Crippen molar-refractivity contribution >= 4 is 5.91 Å². The summed E-state index contributed by atoms with van der Waals surface area (Å²) in [6.45, 7) is 7.52. The molecule has 1 aromatic heterocycles. The number of carbonyl (C=O) groups excluding carboxylic acids is 1. The van der Waals surface area contributed by atoms with Gasteiger partial charge in [0, 0.05) is 30.1 Å². The standard InChI is InChI=1S/C23H25N3O2/c1-15-5-4-6-19(12-15)22-24-21(25-28-22)18-7-9-26(10-8-18)23(27)20-13-16(2)11-17(3)14-20/h4-6,11-14,18H,7-10H2,1-3H3. The second-order valence-corrected chi connectivity index (χ2v) is 7.77. The van der Waals surface area contributed by atoms with Gasteiger partial charge in [-0.15, -0.1) is 0 Å². The Morgan fingerprint density at radius 2 is 1.71 bits per heavy atom. The Labute approximate surface area is 165 Å². The Kier molecular flexibility index (Phi) is 4.99. The van der Waals surface area contributed by atoms with Gasteiger partial charge in [0.1, 0.15) is 0 Å². The summed E-state index contributed by atoms with van der Waals surface area (Å²) in [6.07, 6.45) is 1.70. The lowest BCUT2D eigenvalue weighted by molar-refractivity contribution is 0.0710. The molecule has 0 aliphatic carbocycles. The van der Waals surface area contributed by atoms with E-state index in [0.29, 0.717) is 19.0 Å².